The van der Waals surface area contributed by atoms with Crippen molar-refractivity contribution in [1.82, 2.24) is 0 Å². The number of rotatable bonds is 2. The summed E-state index contributed by atoms with van der Waals surface area (Å²) >= 11 is 5.79. The molecule has 0 saturated heterocycles. The normalized spacial score (nSPS) is 9.55. The Bertz CT molecular complexity index is 302. The van der Waals surface area contributed by atoms with E-state index in [1.165, 1.54) is 22.7 Å². The van der Waals surface area contributed by atoms with E-state index in [0.29, 0.717) is 11.5 Å². The molecule has 1 heterocycles. The maximum atomic E-state index is 11.0. The topological polar surface area (TPSA) is 26.3 Å². The van der Waals surface area contributed by atoms with Gasteiger partial charge in [0.25, 0.3) is 0 Å². The van der Waals surface area contributed by atoms with Gasteiger partial charge in [-0.25, -0.2) is 0 Å². The van der Waals surface area contributed by atoms with E-state index in [0.717, 1.165) is 2.69 Å². The zero-order chi connectivity index (χ0) is 8.27. The molecule has 0 aliphatic carbocycles. The maximum absolute atomic E-state index is 11.0. The summed E-state index contributed by atoms with van der Waals surface area (Å²) in [5.41, 5.74) is 0. The van der Waals surface area contributed by atoms with Crippen LogP contribution in [0.5, 0.6) is 0 Å². The second-order valence-electron chi connectivity index (χ2n) is 1.67. The molecule has 11 heavy (non-hydrogen) atoms. The van der Waals surface area contributed by atoms with E-state index in [4.69, 9.17) is 4.74 Å². The standard InChI is InChI=1S/C6H6O2S2Se/c1-2-8-5(7)4-3-9-6(11)10-4/h3H,2H2,1H3. The summed E-state index contributed by atoms with van der Waals surface area (Å²) in [5, 5.41) is 1.80. The van der Waals surface area contributed by atoms with Crippen molar-refractivity contribution in [2.75, 3.05) is 6.61 Å². The third-order valence-corrected chi connectivity index (χ3v) is 3.97. The van der Waals surface area contributed by atoms with Gasteiger partial charge in [0.1, 0.15) is 0 Å². The van der Waals surface area contributed by atoms with E-state index in [-0.39, 0.29) is 5.97 Å². The van der Waals surface area contributed by atoms with Gasteiger partial charge in [0.05, 0.1) is 0 Å². The van der Waals surface area contributed by atoms with E-state index >= 15 is 0 Å². The molecule has 0 aliphatic rings. The molecule has 0 aromatic carbocycles. The van der Waals surface area contributed by atoms with Crippen molar-refractivity contribution in [3.05, 3.63) is 12.9 Å². The fourth-order valence-corrected chi connectivity index (χ4v) is 2.96. The van der Waals surface area contributed by atoms with E-state index in [9.17, 15) is 4.79 Å². The molecule has 0 amide bonds. The molecule has 0 saturated carbocycles. The predicted molar refractivity (Wildman–Crippen MR) is 47.1 cm³/mol. The fraction of sp³-hybridized carbons (Fsp3) is 0.333. The summed E-state index contributed by atoms with van der Waals surface area (Å²) in [7, 11) is 0. The van der Waals surface area contributed by atoms with E-state index in [2.05, 4.69) is 15.6 Å². The third-order valence-electron chi connectivity index (χ3n) is 0.932. The number of carbonyl (C=O) groups is 1. The number of hydrogen-bond acceptors (Lipinski definition) is 4. The summed E-state index contributed by atoms with van der Waals surface area (Å²) in [6, 6.07) is 0. The number of hydrogen-bond donors (Lipinski definition) is 0. The second-order valence-corrected chi connectivity index (χ2v) is 5.89. The minimum atomic E-state index is -0.227. The molecule has 0 aliphatic heterocycles. The van der Waals surface area contributed by atoms with Crippen molar-refractivity contribution in [2.24, 2.45) is 0 Å². The van der Waals surface area contributed by atoms with Gasteiger partial charge in [-0.05, 0) is 0 Å². The monoisotopic (exact) mass is 254 g/mol. The average Bonchev–Trinajstić information content (AvgIpc) is 2.36. The third kappa shape index (κ3) is 2.52. The molecular formula is C6H6O2S2Se. The van der Waals surface area contributed by atoms with Crippen LogP contribution >= 0.6 is 22.7 Å². The summed E-state index contributed by atoms with van der Waals surface area (Å²) in [4.78, 5) is 11.7. The van der Waals surface area contributed by atoms with Crippen molar-refractivity contribution in [3.8, 4) is 0 Å². The van der Waals surface area contributed by atoms with Crippen LogP contribution in [0.25, 0.3) is 0 Å². The molecule has 2 nitrogen and oxygen atoms in total. The fourth-order valence-electron chi connectivity index (χ4n) is 0.532. The van der Waals surface area contributed by atoms with Crippen LogP contribution in [0.3, 0.4) is 0 Å². The molecule has 5 heteroatoms. The summed E-state index contributed by atoms with van der Waals surface area (Å²) in [6.07, 6.45) is 0. The van der Waals surface area contributed by atoms with Crippen LogP contribution in [0, 0.1) is 2.69 Å². The number of ether oxygens (including phenoxy) is 1. The van der Waals surface area contributed by atoms with Gasteiger partial charge in [-0.1, -0.05) is 0 Å². The molecule has 0 radical (unpaired) electrons. The summed E-state index contributed by atoms with van der Waals surface area (Å²) in [6.45, 7) is 2.23. The van der Waals surface area contributed by atoms with Crippen molar-refractivity contribution in [3.63, 3.8) is 0 Å². The van der Waals surface area contributed by atoms with Crippen LogP contribution in [0.4, 0.5) is 0 Å². The molecule has 0 fully saturated rings. The van der Waals surface area contributed by atoms with Gasteiger partial charge in [-0.2, -0.15) is 0 Å². The Morgan fingerprint density at radius 3 is 3.00 bits per heavy atom. The van der Waals surface area contributed by atoms with Crippen LogP contribution in [0.2, 0.25) is 0 Å². The van der Waals surface area contributed by atoms with Gasteiger partial charge in [0, 0.05) is 0 Å². The first-order valence-corrected chi connectivity index (χ1v) is 5.55. The Morgan fingerprint density at radius 1 is 1.82 bits per heavy atom. The number of esters is 1. The second kappa shape index (κ2) is 4.16. The van der Waals surface area contributed by atoms with Gasteiger partial charge < -0.3 is 0 Å². The Morgan fingerprint density at radius 2 is 2.55 bits per heavy atom. The molecule has 1 aromatic heterocycles. The first-order valence-electron chi connectivity index (χ1n) is 2.99. The van der Waals surface area contributed by atoms with Gasteiger partial charge >= 0.3 is 80.2 Å². The van der Waals surface area contributed by atoms with Crippen LogP contribution in [0.15, 0.2) is 5.38 Å². The van der Waals surface area contributed by atoms with E-state index in [1.54, 1.807) is 12.3 Å². The Labute approximate surface area is 80.2 Å². The molecule has 0 N–H and O–H groups in total. The molecule has 60 valence electrons. The molecular weight excluding hydrogens is 247 g/mol. The van der Waals surface area contributed by atoms with Crippen LogP contribution in [-0.2, 0) is 4.74 Å². The number of carbonyl (C=O) groups excluding carboxylic acids is 1. The predicted octanol–water partition coefficient (Wildman–Crippen LogP) is 1.69. The van der Waals surface area contributed by atoms with Gasteiger partial charge in [-0.15, -0.1) is 0 Å². The minimum absolute atomic E-state index is 0.227. The van der Waals surface area contributed by atoms with Crippen molar-refractivity contribution in [2.45, 2.75) is 6.92 Å². The molecule has 1 aromatic rings. The van der Waals surface area contributed by atoms with Crippen LogP contribution in [0.1, 0.15) is 16.6 Å². The Balaban J connectivity index is 2.76. The van der Waals surface area contributed by atoms with Crippen molar-refractivity contribution in [1.29, 1.82) is 0 Å². The summed E-state index contributed by atoms with van der Waals surface area (Å²) in [5.74, 6) is -0.227. The van der Waals surface area contributed by atoms with E-state index in [1.807, 2.05) is 0 Å². The van der Waals surface area contributed by atoms with E-state index < -0.39 is 0 Å². The first kappa shape index (κ1) is 9.13. The molecule has 0 spiro atoms. The molecule has 0 unspecified atom stereocenters. The average molecular weight is 253 g/mol. The zero-order valence-electron chi connectivity index (χ0n) is 5.83. The van der Waals surface area contributed by atoms with Crippen LogP contribution in [-0.4, -0.2) is 28.2 Å². The Kier molecular flexibility index (Phi) is 3.45. The van der Waals surface area contributed by atoms with Crippen molar-refractivity contribution >= 4 is 44.2 Å². The first-order chi connectivity index (χ1) is 5.24. The SMILES string of the molecule is CCOC(=O)c1csc(=[Se])s1. The van der Waals surface area contributed by atoms with Crippen molar-refractivity contribution < 1.29 is 9.53 Å². The Hall–Kier alpha value is 0.0395. The molecule has 0 atom stereocenters. The quantitative estimate of drug-likeness (QED) is 0.592. The van der Waals surface area contributed by atoms with Crippen LogP contribution < -0.4 is 0 Å². The van der Waals surface area contributed by atoms with Gasteiger partial charge in [0.15, 0.2) is 0 Å². The zero-order valence-corrected chi connectivity index (χ0v) is 9.17. The molecule has 1 rings (SSSR count). The summed E-state index contributed by atoms with van der Waals surface area (Å²) < 4.78 is 5.85. The molecule has 0 bridgehead atoms. The van der Waals surface area contributed by atoms with Gasteiger partial charge in [0.2, 0.25) is 0 Å². The van der Waals surface area contributed by atoms with Gasteiger partial charge in [-0.3, -0.25) is 0 Å².